The van der Waals surface area contributed by atoms with Gasteiger partial charge in [0, 0.05) is 12.5 Å². The van der Waals surface area contributed by atoms with Crippen LogP contribution < -0.4 is 4.74 Å². The Balaban J connectivity index is 0.000000526. The molecule has 52 heavy (non-hydrogen) atoms. The molecule has 0 aliphatic carbocycles. The molecule has 0 saturated heterocycles. The summed E-state index contributed by atoms with van der Waals surface area (Å²) in [6, 6.07) is 8.11. The molecule has 0 aliphatic rings. The highest BCUT2D eigenvalue weighted by Gasteiger charge is 2.56. The lowest BCUT2D eigenvalue weighted by Crippen LogP contribution is -2.48. The van der Waals surface area contributed by atoms with Crippen LogP contribution in [0.5, 0.6) is 5.75 Å². The van der Waals surface area contributed by atoms with Crippen molar-refractivity contribution >= 4 is 5.97 Å². The first-order valence-electron chi connectivity index (χ1n) is 16.5. The van der Waals surface area contributed by atoms with Crippen LogP contribution in [0, 0.1) is 10.8 Å². The lowest BCUT2D eigenvalue weighted by Gasteiger charge is -2.39. The van der Waals surface area contributed by atoms with Crippen molar-refractivity contribution < 1.29 is 68.7 Å². The minimum absolute atomic E-state index is 0.0772. The molecular formula is C37H51F9O6. The monoisotopic (exact) mass is 762 g/mol. The van der Waals surface area contributed by atoms with Gasteiger partial charge >= 0.3 is 24.5 Å². The number of benzene rings is 2. The number of esters is 1. The van der Waals surface area contributed by atoms with Crippen molar-refractivity contribution in [3.05, 3.63) is 64.7 Å². The fraction of sp³-hybridized carbons (Fsp3) is 0.649. The Morgan fingerprint density at radius 3 is 1.42 bits per heavy atom. The normalized spacial score (nSPS) is 17.8. The van der Waals surface area contributed by atoms with Crippen molar-refractivity contribution in [1.82, 2.24) is 0 Å². The second-order valence-corrected chi connectivity index (χ2v) is 15.0. The van der Waals surface area contributed by atoms with Crippen molar-refractivity contribution in [2.45, 2.75) is 137 Å². The van der Waals surface area contributed by atoms with Gasteiger partial charge in [-0.25, -0.2) is 0 Å². The molecule has 5 unspecified atom stereocenters. The summed E-state index contributed by atoms with van der Waals surface area (Å²) >= 11 is 0. The zero-order valence-electron chi connectivity index (χ0n) is 31.5. The zero-order chi connectivity index (χ0) is 41.1. The van der Waals surface area contributed by atoms with E-state index in [1.165, 1.54) is 33.1 Å². The zero-order valence-corrected chi connectivity index (χ0v) is 31.5. The van der Waals surface area contributed by atoms with E-state index in [-0.39, 0.29) is 5.56 Å². The highest BCUT2D eigenvalue weighted by molar-refractivity contribution is 5.78. The lowest BCUT2D eigenvalue weighted by atomic mass is 9.87. The predicted molar refractivity (Wildman–Crippen MR) is 177 cm³/mol. The maximum Gasteiger partial charge on any atom is 0.421 e. The van der Waals surface area contributed by atoms with Gasteiger partial charge in [0.1, 0.15) is 5.75 Å². The second-order valence-electron chi connectivity index (χ2n) is 15.0. The molecule has 0 bridgehead atoms. The van der Waals surface area contributed by atoms with Crippen LogP contribution in [0.2, 0.25) is 0 Å². The van der Waals surface area contributed by atoms with Crippen molar-refractivity contribution in [1.29, 1.82) is 0 Å². The molecule has 0 amide bonds. The molecule has 6 nitrogen and oxygen atoms in total. The molecule has 0 spiro atoms. The van der Waals surface area contributed by atoms with Gasteiger partial charge in [0.15, 0.2) is 23.1 Å². The van der Waals surface area contributed by atoms with E-state index in [4.69, 9.17) is 14.2 Å². The van der Waals surface area contributed by atoms with E-state index in [1.54, 1.807) is 39.8 Å². The van der Waals surface area contributed by atoms with Crippen LogP contribution in [0.4, 0.5) is 39.5 Å². The Morgan fingerprint density at radius 1 is 0.692 bits per heavy atom. The second kappa shape index (κ2) is 16.2. The van der Waals surface area contributed by atoms with E-state index in [0.717, 1.165) is 18.9 Å². The molecule has 5 atom stereocenters. The number of hydrogen-bond acceptors (Lipinski definition) is 6. The standard InChI is InChI=1S/C19H29F3O2.C18H22F6O4/c1-8-13(2)14-9-11-15(12-10-14)18(6,19(20,21)22)24-16(23-7)17(3,4)5;1-6-14(2,3)13(25)28-12-8-10(15(4,26)17(19,20)21)7-11(9-12)16(5,27)18(22,23)24/h9-13,16H,8H2,1-7H3;7-9,26-27H,6H2,1-5H3. The summed E-state index contributed by atoms with van der Waals surface area (Å²) in [4.78, 5) is 12.2. The number of carbonyl (C=O) groups excluding carboxylic acids is 1. The van der Waals surface area contributed by atoms with Gasteiger partial charge in [-0.2, -0.15) is 39.5 Å². The third-order valence-electron chi connectivity index (χ3n) is 9.23. The van der Waals surface area contributed by atoms with Gasteiger partial charge in [0.25, 0.3) is 0 Å². The highest BCUT2D eigenvalue weighted by Crippen LogP contribution is 2.46. The maximum atomic E-state index is 13.8. The molecule has 0 aromatic heterocycles. The SMILES string of the molecule is CCC(C)(C)C(=O)Oc1cc(C(C)(O)C(F)(F)F)cc(C(C)(O)C(F)(F)F)c1.CCC(C)c1ccc(C(C)(OC(OC)C(C)(C)C)C(F)(F)F)cc1. The molecule has 0 aliphatic heterocycles. The molecule has 0 radical (unpaired) electrons. The minimum Gasteiger partial charge on any atom is -0.426 e. The topological polar surface area (TPSA) is 85.2 Å². The first-order valence-corrected chi connectivity index (χ1v) is 16.5. The van der Waals surface area contributed by atoms with Crippen LogP contribution in [0.3, 0.4) is 0 Å². The average molecular weight is 763 g/mol. The lowest BCUT2D eigenvalue weighted by molar-refractivity contribution is -0.337. The molecule has 0 heterocycles. The summed E-state index contributed by atoms with van der Waals surface area (Å²) in [6.45, 7) is 15.8. The number of ether oxygens (including phenoxy) is 3. The van der Waals surface area contributed by atoms with Crippen LogP contribution in [0.25, 0.3) is 0 Å². The van der Waals surface area contributed by atoms with Crippen LogP contribution >= 0.6 is 0 Å². The quantitative estimate of drug-likeness (QED) is 0.103. The van der Waals surface area contributed by atoms with E-state index in [9.17, 15) is 54.5 Å². The predicted octanol–water partition coefficient (Wildman–Crippen LogP) is 10.6. The van der Waals surface area contributed by atoms with Gasteiger partial charge < -0.3 is 24.4 Å². The van der Waals surface area contributed by atoms with Gasteiger partial charge in [-0.15, -0.1) is 0 Å². The van der Waals surface area contributed by atoms with Crippen molar-refractivity contribution in [3.63, 3.8) is 0 Å². The Kier molecular flexibility index (Phi) is 14.7. The Hall–Kier alpha value is -2.88. The summed E-state index contributed by atoms with van der Waals surface area (Å²) in [6.07, 6.45) is -14.8. The number of hydrogen-bond donors (Lipinski definition) is 2. The first-order chi connectivity index (χ1) is 23.1. The first kappa shape index (κ1) is 47.1. The van der Waals surface area contributed by atoms with E-state index < -0.39 is 75.3 Å². The van der Waals surface area contributed by atoms with Crippen LogP contribution in [0.1, 0.15) is 117 Å². The summed E-state index contributed by atoms with van der Waals surface area (Å²) < 4.78 is 136. The Morgan fingerprint density at radius 2 is 1.12 bits per heavy atom. The minimum atomic E-state index is -5.24. The van der Waals surface area contributed by atoms with Gasteiger partial charge in [-0.05, 0) is 93.8 Å². The molecule has 15 heteroatoms. The maximum absolute atomic E-state index is 13.8. The number of aliphatic hydroxyl groups is 2. The molecule has 298 valence electrons. The smallest absolute Gasteiger partial charge is 0.421 e. The molecule has 0 fully saturated rings. The fourth-order valence-corrected chi connectivity index (χ4v) is 4.39. The number of halogens is 9. The van der Waals surface area contributed by atoms with E-state index >= 15 is 0 Å². The molecule has 2 N–H and O–H groups in total. The summed E-state index contributed by atoms with van der Waals surface area (Å²) in [5.74, 6) is -1.25. The van der Waals surface area contributed by atoms with Crippen molar-refractivity contribution in [3.8, 4) is 5.75 Å². The number of carbonyl (C=O) groups is 1. The van der Waals surface area contributed by atoms with E-state index in [1.807, 2.05) is 6.92 Å². The van der Waals surface area contributed by atoms with Gasteiger partial charge in [-0.1, -0.05) is 65.8 Å². The summed E-state index contributed by atoms with van der Waals surface area (Å²) in [7, 11) is 1.36. The summed E-state index contributed by atoms with van der Waals surface area (Å²) in [5.41, 5.74) is -12.1. The Bertz CT molecular complexity index is 1430. The van der Waals surface area contributed by atoms with E-state index in [2.05, 4.69) is 6.92 Å². The molecule has 2 aromatic carbocycles. The van der Waals surface area contributed by atoms with Crippen LogP contribution in [-0.2, 0) is 31.1 Å². The molecule has 2 aromatic rings. The number of methoxy groups -OCH3 is 1. The van der Waals surface area contributed by atoms with E-state index in [0.29, 0.717) is 44.4 Å². The van der Waals surface area contributed by atoms with Crippen LogP contribution in [0.15, 0.2) is 42.5 Å². The highest BCUT2D eigenvalue weighted by atomic mass is 19.4. The Labute approximate surface area is 299 Å². The molecule has 2 rings (SSSR count). The average Bonchev–Trinajstić information content (AvgIpc) is 3.01. The van der Waals surface area contributed by atoms with Gasteiger partial charge in [0.05, 0.1) is 5.41 Å². The van der Waals surface area contributed by atoms with Crippen LogP contribution in [-0.4, -0.2) is 48.1 Å². The molecule has 0 saturated carbocycles. The van der Waals surface area contributed by atoms with Crippen molar-refractivity contribution in [2.24, 2.45) is 10.8 Å². The summed E-state index contributed by atoms with van der Waals surface area (Å²) in [5, 5.41) is 19.7. The number of rotatable bonds is 11. The fourth-order valence-electron chi connectivity index (χ4n) is 4.39. The van der Waals surface area contributed by atoms with Crippen molar-refractivity contribution in [2.75, 3.05) is 7.11 Å². The third kappa shape index (κ3) is 10.8. The van der Waals surface area contributed by atoms with Gasteiger partial charge in [-0.3, -0.25) is 4.79 Å². The third-order valence-corrected chi connectivity index (χ3v) is 9.23. The largest absolute Gasteiger partial charge is 0.426 e. The van der Waals surface area contributed by atoms with Gasteiger partial charge in [0.2, 0.25) is 0 Å². The molecular weight excluding hydrogens is 711 g/mol. The number of alkyl halides is 9.